The fraction of sp³-hybridized carbons (Fsp3) is 0.353. The van der Waals surface area contributed by atoms with Crippen LogP contribution in [0.25, 0.3) is 11.0 Å². The van der Waals surface area contributed by atoms with Crippen LogP contribution in [0, 0.1) is 17.7 Å². The van der Waals surface area contributed by atoms with Crippen LogP contribution in [-0.4, -0.2) is 38.1 Å². The maximum Gasteiger partial charge on any atom is 0.255 e. The first kappa shape index (κ1) is 29.3. The molecule has 7 nitrogen and oxygen atoms in total. The monoisotopic (exact) mass is 571 g/mol. The Morgan fingerprint density at radius 3 is 2.52 bits per heavy atom. The van der Waals surface area contributed by atoms with Gasteiger partial charge in [0.05, 0.1) is 18.2 Å². The number of benzene rings is 3. The molecule has 8 heteroatoms. The predicted molar refractivity (Wildman–Crippen MR) is 161 cm³/mol. The topological polar surface area (TPSA) is 92.6 Å². The van der Waals surface area contributed by atoms with Gasteiger partial charge in [0, 0.05) is 17.5 Å². The number of carbonyl (C=O) groups excluding carboxylic acids is 2. The van der Waals surface area contributed by atoms with Gasteiger partial charge in [0.1, 0.15) is 23.4 Å². The van der Waals surface area contributed by atoms with Crippen molar-refractivity contribution < 1.29 is 23.1 Å². The average molecular weight is 572 g/mol. The molecule has 1 aromatic heterocycles. The van der Waals surface area contributed by atoms with Crippen molar-refractivity contribution in [2.45, 2.75) is 39.2 Å². The fourth-order valence-corrected chi connectivity index (χ4v) is 5.29. The van der Waals surface area contributed by atoms with Crippen LogP contribution >= 0.6 is 0 Å². The minimum absolute atomic E-state index is 0.223. The summed E-state index contributed by atoms with van der Waals surface area (Å²) in [5, 5.41) is 10.2. The molecule has 2 amide bonds. The molecule has 5 rings (SSSR count). The molecule has 3 N–H and O–H groups in total. The van der Waals surface area contributed by atoms with E-state index in [1.165, 1.54) is 18.4 Å². The van der Waals surface area contributed by atoms with E-state index in [2.05, 4.69) is 16.0 Å². The highest BCUT2D eigenvalue weighted by Crippen LogP contribution is 2.30. The lowest BCUT2D eigenvalue weighted by atomic mass is 9.95. The number of fused-ring (bicyclic) bond motifs is 1. The lowest BCUT2D eigenvalue weighted by molar-refractivity contribution is 0.0940. The number of hydrogen-bond donors (Lipinski definition) is 3. The molecular formula is C34H38FN3O4. The largest absolute Gasteiger partial charge is 0.494 e. The second-order valence-electron chi connectivity index (χ2n) is 11.3. The van der Waals surface area contributed by atoms with Crippen molar-refractivity contribution in [3.05, 3.63) is 101 Å². The first-order valence-electron chi connectivity index (χ1n) is 14.7. The Morgan fingerprint density at radius 1 is 1.00 bits per heavy atom. The molecule has 0 aliphatic carbocycles. The van der Waals surface area contributed by atoms with Crippen LogP contribution in [0.4, 0.5) is 4.39 Å². The van der Waals surface area contributed by atoms with Crippen LogP contribution in [0.1, 0.15) is 71.0 Å². The van der Waals surface area contributed by atoms with Crippen LogP contribution < -0.4 is 20.7 Å². The van der Waals surface area contributed by atoms with Crippen molar-refractivity contribution in [2.24, 2.45) is 11.8 Å². The minimum Gasteiger partial charge on any atom is -0.494 e. The summed E-state index contributed by atoms with van der Waals surface area (Å²) in [7, 11) is 0. The molecule has 1 fully saturated rings. The highest BCUT2D eigenvalue weighted by molar-refractivity contribution is 6.06. The second kappa shape index (κ2) is 13.7. The van der Waals surface area contributed by atoms with Crippen LogP contribution in [0.5, 0.6) is 5.75 Å². The van der Waals surface area contributed by atoms with Crippen molar-refractivity contribution in [2.75, 3.05) is 26.2 Å². The number of halogens is 1. The lowest BCUT2D eigenvalue weighted by Crippen LogP contribution is -2.30. The quantitative estimate of drug-likeness (QED) is 0.198. The molecule has 220 valence electrons. The molecule has 0 bridgehead atoms. The smallest absolute Gasteiger partial charge is 0.255 e. The van der Waals surface area contributed by atoms with Gasteiger partial charge in [-0.2, -0.15) is 0 Å². The van der Waals surface area contributed by atoms with E-state index in [0.717, 1.165) is 32.4 Å². The van der Waals surface area contributed by atoms with E-state index in [4.69, 9.17) is 9.15 Å². The minimum atomic E-state index is -0.684. The summed E-state index contributed by atoms with van der Waals surface area (Å²) in [6.45, 7) is 7.16. The molecule has 0 spiro atoms. The zero-order chi connectivity index (χ0) is 29.5. The number of rotatable bonds is 11. The number of furan rings is 1. The molecule has 4 aromatic rings. The Hall–Kier alpha value is -4.17. The molecule has 1 aliphatic rings. The Bertz CT molecular complexity index is 1510. The number of para-hydroxylation sites is 1. The Labute approximate surface area is 245 Å². The van der Waals surface area contributed by atoms with Gasteiger partial charge < -0.3 is 25.1 Å². The molecule has 0 saturated carbocycles. The zero-order valence-electron chi connectivity index (χ0n) is 24.1. The maximum absolute atomic E-state index is 13.9. The molecule has 3 aromatic carbocycles. The third-order valence-electron chi connectivity index (χ3n) is 7.65. The van der Waals surface area contributed by atoms with Gasteiger partial charge in [0.15, 0.2) is 0 Å². The molecule has 2 heterocycles. The van der Waals surface area contributed by atoms with E-state index in [1.54, 1.807) is 30.3 Å². The Morgan fingerprint density at radius 2 is 1.76 bits per heavy atom. The highest BCUT2D eigenvalue weighted by atomic mass is 19.1. The third kappa shape index (κ3) is 7.36. The fourth-order valence-electron chi connectivity index (χ4n) is 5.29. The zero-order valence-corrected chi connectivity index (χ0v) is 24.1. The number of piperidine rings is 1. The van der Waals surface area contributed by atoms with Crippen molar-refractivity contribution >= 4 is 22.8 Å². The number of nitrogens with one attached hydrogen (secondary N) is 3. The first-order chi connectivity index (χ1) is 20.4. The van der Waals surface area contributed by atoms with Gasteiger partial charge >= 0.3 is 0 Å². The van der Waals surface area contributed by atoms with Crippen molar-refractivity contribution in [1.29, 1.82) is 0 Å². The molecular weight excluding hydrogens is 533 g/mol. The maximum atomic E-state index is 13.9. The van der Waals surface area contributed by atoms with Crippen LogP contribution in [0.3, 0.4) is 0 Å². The van der Waals surface area contributed by atoms with Gasteiger partial charge in [0.2, 0.25) is 0 Å². The summed E-state index contributed by atoms with van der Waals surface area (Å²) in [5.74, 6) is 0.476. The van der Waals surface area contributed by atoms with Gasteiger partial charge in [-0.15, -0.1) is 0 Å². The molecule has 42 heavy (non-hydrogen) atoms. The molecule has 0 radical (unpaired) electrons. The number of carbonyl (C=O) groups is 2. The Kier molecular flexibility index (Phi) is 9.54. The SMILES string of the molecule is CC(C)CNC(=O)c1cc(OCCC2CCNCC2)cc(C(NC(=O)c2coc3ccccc23)c2ccc(F)cc2)c1. The predicted octanol–water partition coefficient (Wildman–Crippen LogP) is 6.25. The van der Waals surface area contributed by atoms with Gasteiger partial charge in [-0.05, 0) is 91.7 Å². The van der Waals surface area contributed by atoms with E-state index in [9.17, 15) is 14.0 Å². The van der Waals surface area contributed by atoms with Crippen LogP contribution in [0.15, 0.2) is 77.4 Å². The van der Waals surface area contributed by atoms with E-state index in [0.29, 0.717) is 58.0 Å². The van der Waals surface area contributed by atoms with E-state index in [1.807, 2.05) is 38.1 Å². The van der Waals surface area contributed by atoms with Crippen LogP contribution in [0.2, 0.25) is 0 Å². The molecule has 1 unspecified atom stereocenters. The second-order valence-corrected chi connectivity index (χ2v) is 11.3. The van der Waals surface area contributed by atoms with E-state index < -0.39 is 6.04 Å². The number of hydrogen-bond acceptors (Lipinski definition) is 5. The standard InChI is InChI=1S/C34H38FN3O4/c1-22(2)20-37-33(39)26-17-25(18-28(19-26)41-16-13-23-11-14-36-15-12-23)32(24-7-9-27(35)10-8-24)38-34(40)30-21-42-31-6-4-3-5-29(30)31/h3-10,17-19,21-23,32,36H,11-16,20H2,1-2H3,(H,37,39)(H,38,40). The van der Waals surface area contributed by atoms with Gasteiger partial charge in [-0.25, -0.2) is 4.39 Å². The molecule has 1 atom stereocenters. The molecule has 1 aliphatic heterocycles. The number of ether oxygens (including phenoxy) is 1. The van der Waals surface area contributed by atoms with Crippen LogP contribution in [-0.2, 0) is 0 Å². The summed E-state index contributed by atoms with van der Waals surface area (Å²) < 4.78 is 25.7. The summed E-state index contributed by atoms with van der Waals surface area (Å²) in [6.07, 6.45) is 4.60. The lowest BCUT2D eigenvalue weighted by Gasteiger charge is -2.23. The average Bonchev–Trinajstić information content (AvgIpc) is 3.44. The summed E-state index contributed by atoms with van der Waals surface area (Å²) >= 11 is 0. The highest BCUT2D eigenvalue weighted by Gasteiger charge is 2.23. The van der Waals surface area contributed by atoms with Gasteiger partial charge in [-0.1, -0.05) is 44.2 Å². The summed E-state index contributed by atoms with van der Waals surface area (Å²) in [5.41, 5.74) is 2.74. The normalized spacial score (nSPS) is 14.6. The van der Waals surface area contributed by atoms with E-state index >= 15 is 0 Å². The Balaban J connectivity index is 1.47. The van der Waals surface area contributed by atoms with Crippen molar-refractivity contribution in [3.63, 3.8) is 0 Å². The number of amides is 2. The summed E-state index contributed by atoms with van der Waals surface area (Å²) in [4.78, 5) is 26.8. The van der Waals surface area contributed by atoms with Gasteiger partial charge in [0.25, 0.3) is 11.8 Å². The van der Waals surface area contributed by atoms with Crippen molar-refractivity contribution in [3.8, 4) is 5.75 Å². The van der Waals surface area contributed by atoms with Crippen molar-refractivity contribution in [1.82, 2.24) is 16.0 Å². The first-order valence-corrected chi connectivity index (χ1v) is 14.7. The van der Waals surface area contributed by atoms with E-state index in [-0.39, 0.29) is 23.5 Å². The third-order valence-corrected chi connectivity index (χ3v) is 7.65. The summed E-state index contributed by atoms with van der Waals surface area (Å²) in [6, 6.07) is 18.0. The molecule has 1 saturated heterocycles. The van der Waals surface area contributed by atoms with Gasteiger partial charge in [-0.3, -0.25) is 9.59 Å².